The minimum absolute atomic E-state index is 0.0277. The average Bonchev–Trinajstić information content (AvgIpc) is 2.74. The number of nitrogens with zero attached hydrogens (tertiary/aromatic N) is 3. The summed E-state index contributed by atoms with van der Waals surface area (Å²) in [6, 6.07) is 11.7. The third kappa shape index (κ3) is 4.25. The topological polar surface area (TPSA) is 74.8 Å². The Morgan fingerprint density at radius 1 is 1.20 bits per heavy atom. The van der Waals surface area contributed by atoms with Crippen LogP contribution in [0.2, 0.25) is 0 Å². The van der Waals surface area contributed by atoms with Gasteiger partial charge in [-0.05, 0) is 30.2 Å². The molecule has 1 saturated heterocycles. The van der Waals surface area contributed by atoms with E-state index in [1.54, 1.807) is 37.5 Å². The van der Waals surface area contributed by atoms with E-state index >= 15 is 0 Å². The van der Waals surface area contributed by atoms with Crippen LogP contribution >= 0.6 is 0 Å². The van der Waals surface area contributed by atoms with Gasteiger partial charge in [0.15, 0.2) is 0 Å². The van der Waals surface area contributed by atoms with Crippen molar-refractivity contribution in [1.29, 1.82) is 0 Å². The Morgan fingerprint density at radius 3 is 2.67 bits per heavy atom. The molecule has 1 fully saturated rings. The molecule has 1 unspecified atom stereocenters. The second kappa shape index (κ2) is 8.34. The van der Waals surface area contributed by atoms with Crippen molar-refractivity contribution >= 4 is 17.6 Å². The van der Waals surface area contributed by atoms with Crippen molar-refractivity contribution in [3.8, 4) is 5.75 Å². The van der Waals surface area contributed by atoms with Gasteiger partial charge in [0.2, 0.25) is 5.91 Å². The normalized spacial score (nSPS) is 19.5. The first kappa shape index (κ1) is 20.2. The highest BCUT2D eigenvalue weighted by molar-refractivity contribution is 5.91. The summed E-state index contributed by atoms with van der Waals surface area (Å²) in [7, 11) is 3.55. The van der Waals surface area contributed by atoms with Crippen LogP contribution in [-0.4, -0.2) is 59.5 Å². The van der Waals surface area contributed by atoms with Crippen molar-refractivity contribution in [3.05, 3.63) is 54.4 Å². The second-order valence-electron chi connectivity index (χ2n) is 8.38. The van der Waals surface area contributed by atoms with Crippen LogP contribution < -0.4 is 10.1 Å². The van der Waals surface area contributed by atoms with Crippen molar-refractivity contribution in [2.75, 3.05) is 32.5 Å². The highest BCUT2D eigenvalue weighted by atomic mass is 16.5. The van der Waals surface area contributed by atoms with Gasteiger partial charge in [-0.3, -0.25) is 9.78 Å². The summed E-state index contributed by atoms with van der Waals surface area (Å²) >= 11 is 0. The number of hydrogen-bond acceptors (Lipinski definition) is 4. The van der Waals surface area contributed by atoms with Crippen LogP contribution in [-0.2, 0) is 4.79 Å². The number of carbonyl (C=O) groups is 2. The van der Waals surface area contributed by atoms with Gasteiger partial charge >= 0.3 is 6.03 Å². The summed E-state index contributed by atoms with van der Waals surface area (Å²) in [6.07, 6.45) is 6.02. The molecular formula is C23H28N4O3. The van der Waals surface area contributed by atoms with Crippen molar-refractivity contribution < 1.29 is 14.3 Å². The predicted molar refractivity (Wildman–Crippen MR) is 115 cm³/mol. The zero-order valence-corrected chi connectivity index (χ0v) is 17.5. The lowest BCUT2D eigenvalue weighted by Gasteiger charge is -2.47. The van der Waals surface area contributed by atoms with Crippen LogP contribution in [0, 0.1) is 0 Å². The van der Waals surface area contributed by atoms with Crippen molar-refractivity contribution in [3.63, 3.8) is 0 Å². The van der Waals surface area contributed by atoms with E-state index in [2.05, 4.69) is 16.4 Å². The van der Waals surface area contributed by atoms with Gasteiger partial charge in [0.25, 0.3) is 0 Å². The lowest BCUT2D eigenvalue weighted by Crippen LogP contribution is -2.53. The SMILES string of the molecule is CN(C)C(=O)N1CCC2(CC1)CC(CC(=O)Nc1cccnc1)c1ccccc1O2. The number of hydrogen-bond donors (Lipinski definition) is 1. The first-order chi connectivity index (χ1) is 14.5. The summed E-state index contributed by atoms with van der Waals surface area (Å²) in [5.41, 5.74) is 1.45. The number of piperidine rings is 1. The monoisotopic (exact) mass is 408 g/mol. The molecule has 1 N–H and O–H groups in total. The van der Waals surface area contributed by atoms with Gasteiger partial charge in [-0.15, -0.1) is 0 Å². The maximum absolute atomic E-state index is 12.7. The molecule has 1 atom stereocenters. The van der Waals surface area contributed by atoms with Gasteiger partial charge in [0.1, 0.15) is 11.4 Å². The number of urea groups is 1. The molecule has 3 heterocycles. The Morgan fingerprint density at radius 2 is 1.97 bits per heavy atom. The third-order valence-corrected chi connectivity index (χ3v) is 6.01. The van der Waals surface area contributed by atoms with Crippen LogP contribution in [0.1, 0.15) is 37.2 Å². The van der Waals surface area contributed by atoms with Gasteiger partial charge in [-0.1, -0.05) is 18.2 Å². The number of aromatic nitrogens is 1. The molecular weight excluding hydrogens is 380 g/mol. The molecule has 0 bridgehead atoms. The average molecular weight is 409 g/mol. The predicted octanol–water partition coefficient (Wildman–Crippen LogP) is 3.49. The first-order valence-electron chi connectivity index (χ1n) is 10.4. The summed E-state index contributed by atoms with van der Waals surface area (Å²) in [6.45, 7) is 1.32. The Labute approximate surface area is 177 Å². The summed E-state index contributed by atoms with van der Waals surface area (Å²) in [5.74, 6) is 0.901. The van der Waals surface area contributed by atoms with Crippen LogP contribution in [0.4, 0.5) is 10.5 Å². The number of carbonyl (C=O) groups excluding carboxylic acids is 2. The van der Waals surface area contributed by atoms with E-state index in [0.717, 1.165) is 30.6 Å². The Bertz CT molecular complexity index is 908. The largest absolute Gasteiger partial charge is 0.487 e. The molecule has 0 saturated carbocycles. The number of anilines is 1. The zero-order chi connectivity index (χ0) is 21.1. The minimum atomic E-state index is -0.337. The zero-order valence-electron chi connectivity index (χ0n) is 17.5. The molecule has 2 aliphatic rings. The molecule has 0 radical (unpaired) electrons. The summed E-state index contributed by atoms with van der Waals surface area (Å²) in [5, 5.41) is 2.95. The molecule has 1 aromatic heterocycles. The lowest BCUT2D eigenvalue weighted by atomic mass is 9.76. The second-order valence-corrected chi connectivity index (χ2v) is 8.38. The van der Waals surface area contributed by atoms with Crippen molar-refractivity contribution in [2.24, 2.45) is 0 Å². The van der Waals surface area contributed by atoms with Gasteiger partial charge in [-0.25, -0.2) is 4.79 Å². The molecule has 158 valence electrons. The van der Waals surface area contributed by atoms with Crippen LogP contribution in [0.25, 0.3) is 0 Å². The molecule has 1 spiro atoms. The Hall–Kier alpha value is -3.09. The maximum atomic E-state index is 12.7. The summed E-state index contributed by atoms with van der Waals surface area (Å²) in [4.78, 5) is 32.6. The van der Waals surface area contributed by atoms with Gasteiger partial charge in [0, 0.05) is 58.6 Å². The first-order valence-corrected chi connectivity index (χ1v) is 10.4. The number of likely N-dealkylation sites (tertiary alicyclic amines) is 1. The Balaban J connectivity index is 1.49. The number of fused-ring (bicyclic) bond motifs is 1. The minimum Gasteiger partial charge on any atom is -0.487 e. The number of para-hydroxylation sites is 1. The van der Waals surface area contributed by atoms with Crippen molar-refractivity contribution in [1.82, 2.24) is 14.8 Å². The van der Waals surface area contributed by atoms with E-state index in [1.807, 2.05) is 29.2 Å². The summed E-state index contributed by atoms with van der Waals surface area (Å²) < 4.78 is 6.49. The van der Waals surface area contributed by atoms with E-state index in [9.17, 15) is 9.59 Å². The fraction of sp³-hybridized carbons (Fsp3) is 0.435. The maximum Gasteiger partial charge on any atom is 0.319 e. The number of ether oxygens (including phenoxy) is 1. The van der Waals surface area contributed by atoms with Gasteiger partial charge < -0.3 is 19.9 Å². The van der Waals surface area contributed by atoms with Gasteiger partial charge in [0.05, 0.1) is 11.9 Å². The molecule has 7 heteroatoms. The quantitative estimate of drug-likeness (QED) is 0.844. The van der Waals surface area contributed by atoms with Crippen LogP contribution in [0.15, 0.2) is 48.8 Å². The van der Waals surface area contributed by atoms with Crippen LogP contribution in [0.5, 0.6) is 5.75 Å². The van der Waals surface area contributed by atoms with Gasteiger partial charge in [-0.2, -0.15) is 0 Å². The van der Waals surface area contributed by atoms with E-state index < -0.39 is 0 Å². The number of amides is 3. The highest BCUT2D eigenvalue weighted by Crippen LogP contribution is 2.46. The fourth-order valence-corrected chi connectivity index (χ4v) is 4.49. The Kier molecular flexibility index (Phi) is 5.61. The molecule has 30 heavy (non-hydrogen) atoms. The highest BCUT2D eigenvalue weighted by Gasteiger charge is 2.44. The number of benzene rings is 1. The van der Waals surface area contributed by atoms with E-state index in [1.165, 1.54) is 0 Å². The smallest absolute Gasteiger partial charge is 0.319 e. The number of rotatable bonds is 3. The lowest BCUT2D eigenvalue weighted by molar-refractivity contribution is -0.117. The van der Waals surface area contributed by atoms with Crippen molar-refractivity contribution in [2.45, 2.75) is 37.2 Å². The molecule has 3 amide bonds. The molecule has 2 aromatic rings. The number of nitrogens with one attached hydrogen (secondary N) is 1. The van der Waals surface area contributed by atoms with E-state index in [0.29, 0.717) is 25.2 Å². The molecule has 0 aliphatic carbocycles. The third-order valence-electron chi connectivity index (χ3n) is 6.01. The fourth-order valence-electron chi connectivity index (χ4n) is 4.49. The standard InChI is InChI=1S/C23H28N4O3/c1-26(2)22(29)27-12-9-23(10-13-27)15-17(19-7-3-4-8-20(19)30-23)14-21(28)25-18-6-5-11-24-16-18/h3-8,11,16-17H,9-10,12-15H2,1-2H3,(H,25,28). The van der Waals surface area contributed by atoms with E-state index in [4.69, 9.17) is 4.74 Å². The molecule has 1 aromatic carbocycles. The molecule has 7 nitrogen and oxygen atoms in total. The molecule has 4 rings (SSSR count). The van der Waals surface area contributed by atoms with Crippen LogP contribution in [0.3, 0.4) is 0 Å². The van der Waals surface area contributed by atoms with E-state index in [-0.39, 0.29) is 23.5 Å². The molecule has 2 aliphatic heterocycles. The number of pyridine rings is 1.